The van der Waals surface area contributed by atoms with E-state index in [-0.39, 0.29) is 0 Å². The van der Waals surface area contributed by atoms with Gasteiger partial charge in [0.15, 0.2) is 0 Å². The van der Waals surface area contributed by atoms with Crippen molar-refractivity contribution in [2.24, 2.45) is 0 Å². The van der Waals surface area contributed by atoms with Gasteiger partial charge in [-0.25, -0.2) is 0 Å². The molecule has 0 saturated carbocycles. The number of rotatable bonds is 9. The molecular weight excluding hydrogens is 376 g/mol. The van der Waals surface area contributed by atoms with Crippen LogP contribution in [0.1, 0.15) is 23.1 Å². The van der Waals surface area contributed by atoms with Gasteiger partial charge in [-0.3, -0.25) is 0 Å². The van der Waals surface area contributed by atoms with Crippen molar-refractivity contribution in [3.8, 4) is 0 Å². The Morgan fingerprint density at radius 2 is 1.31 bits per heavy atom. The highest BCUT2D eigenvalue weighted by Gasteiger charge is 2.13. The second kappa shape index (κ2) is 10.8. The molecule has 0 atom stereocenters. The Morgan fingerprint density at radius 3 is 1.86 bits per heavy atom. The first-order chi connectivity index (χ1) is 14.2. The molecule has 0 spiro atoms. The molecule has 0 radical (unpaired) electrons. The summed E-state index contributed by atoms with van der Waals surface area (Å²) < 4.78 is 0. The number of nitrogens with zero attached hydrogens (tertiary/aromatic N) is 1. The molecule has 0 aromatic heterocycles. The van der Waals surface area contributed by atoms with E-state index in [1.54, 1.807) is 0 Å². The predicted molar refractivity (Wildman–Crippen MR) is 128 cm³/mol. The second-order valence-electron chi connectivity index (χ2n) is 7.33. The molecule has 0 aliphatic rings. The van der Waals surface area contributed by atoms with Crippen molar-refractivity contribution in [2.45, 2.75) is 6.42 Å². The fraction of sp³-hybridized carbons (Fsp3) is 0.231. The van der Waals surface area contributed by atoms with Crippen LogP contribution in [0.5, 0.6) is 0 Å². The summed E-state index contributed by atoms with van der Waals surface area (Å²) >= 11 is 6.22. The highest BCUT2D eigenvalue weighted by atomic mass is 35.5. The van der Waals surface area contributed by atoms with Gasteiger partial charge in [-0.1, -0.05) is 72.8 Å². The molecule has 0 bridgehead atoms. The number of hydrogen-bond acceptors (Lipinski definition) is 2. The zero-order valence-electron chi connectivity index (χ0n) is 17.2. The van der Waals surface area contributed by atoms with Crippen molar-refractivity contribution in [3.05, 3.63) is 102 Å². The van der Waals surface area contributed by atoms with E-state index >= 15 is 0 Å². The van der Waals surface area contributed by atoms with E-state index in [0.717, 1.165) is 25.2 Å². The molecule has 3 aromatic carbocycles. The van der Waals surface area contributed by atoms with E-state index in [9.17, 15) is 0 Å². The third-order valence-corrected chi connectivity index (χ3v) is 5.08. The number of anilines is 1. The number of benzene rings is 3. The van der Waals surface area contributed by atoms with Gasteiger partial charge in [-0.05, 0) is 60.5 Å². The quantitative estimate of drug-likeness (QED) is 0.335. The summed E-state index contributed by atoms with van der Waals surface area (Å²) in [6, 6.07) is 29.9. The highest BCUT2D eigenvalue weighted by molar-refractivity contribution is 6.18. The van der Waals surface area contributed by atoms with Crippen molar-refractivity contribution < 1.29 is 0 Å². The minimum absolute atomic E-state index is 0.588. The van der Waals surface area contributed by atoms with Gasteiger partial charge in [0.05, 0.1) is 0 Å². The number of alkyl halides is 1. The first-order valence-corrected chi connectivity index (χ1v) is 10.6. The molecular formula is C26H29ClN2. The van der Waals surface area contributed by atoms with Gasteiger partial charge in [0.25, 0.3) is 0 Å². The van der Waals surface area contributed by atoms with Gasteiger partial charge in [0.2, 0.25) is 0 Å². The monoisotopic (exact) mass is 404 g/mol. The third kappa shape index (κ3) is 5.96. The lowest BCUT2D eigenvalue weighted by Gasteiger charge is -2.17. The van der Waals surface area contributed by atoms with Crippen LogP contribution in [0, 0.1) is 0 Å². The van der Waals surface area contributed by atoms with E-state index in [2.05, 4.69) is 109 Å². The second-order valence-corrected chi connectivity index (χ2v) is 7.71. The molecule has 0 amide bonds. The van der Waals surface area contributed by atoms with Crippen LogP contribution >= 0.6 is 11.6 Å². The summed E-state index contributed by atoms with van der Waals surface area (Å²) in [6.07, 6.45) is 0.818. The van der Waals surface area contributed by atoms with Gasteiger partial charge in [-0.2, -0.15) is 0 Å². The maximum atomic E-state index is 6.22. The Hall–Kier alpha value is -2.55. The Labute approximate surface area is 179 Å². The van der Waals surface area contributed by atoms with Crippen LogP contribution in [0.4, 0.5) is 5.69 Å². The van der Waals surface area contributed by atoms with Crippen molar-refractivity contribution in [1.29, 1.82) is 0 Å². The van der Waals surface area contributed by atoms with E-state index in [1.807, 2.05) is 0 Å². The standard InChI is InChI=1S/C26H29ClN2/c1-29(2)20-19-28-24-15-13-23(14-16-24)26(22-11-7-4-8-12-22)25(17-18-27)21-9-5-3-6-10-21/h3-16,28H,17-20H2,1-2H3/b26-25-. The summed E-state index contributed by atoms with van der Waals surface area (Å²) in [4.78, 5) is 2.18. The molecule has 0 saturated heterocycles. The van der Waals surface area contributed by atoms with E-state index in [0.29, 0.717) is 5.88 Å². The van der Waals surface area contributed by atoms with Crippen LogP contribution < -0.4 is 5.32 Å². The number of allylic oxidation sites excluding steroid dienone is 1. The minimum atomic E-state index is 0.588. The molecule has 3 aromatic rings. The van der Waals surface area contributed by atoms with Crippen LogP contribution in [-0.4, -0.2) is 38.0 Å². The van der Waals surface area contributed by atoms with E-state index in [4.69, 9.17) is 11.6 Å². The number of halogens is 1. The molecule has 0 unspecified atom stereocenters. The molecule has 0 aliphatic heterocycles. The summed E-state index contributed by atoms with van der Waals surface area (Å²) in [5.41, 5.74) is 7.31. The maximum absolute atomic E-state index is 6.22. The highest BCUT2D eigenvalue weighted by Crippen LogP contribution is 2.35. The van der Waals surface area contributed by atoms with Crippen molar-refractivity contribution in [2.75, 3.05) is 38.4 Å². The van der Waals surface area contributed by atoms with E-state index in [1.165, 1.54) is 27.8 Å². The average Bonchev–Trinajstić information content (AvgIpc) is 2.75. The molecule has 0 heterocycles. The lowest BCUT2D eigenvalue weighted by Crippen LogP contribution is -2.20. The molecule has 2 nitrogen and oxygen atoms in total. The Balaban J connectivity index is 2.02. The van der Waals surface area contributed by atoms with Crippen molar-refractivity contribution in [3.63, 3.8) is 0 Å². The number of nitrogens with one attached hydrogen (secondary N) is 1. The molecule has 0 aliphatic carbocycles. The van der Waals surface area contributed by atoms with Crippen LogP contribution in [0.2, 0.25) is 0 Å². The van der Waals surface area contributed by atoms with Crippen LogP contribution in [0.15, 0.2) is 84.9 Å². The van der Waals surface area contributed by atoms with Crippen molar-refractivity contribution >= 4 is 28.4 Å². The zero-order chi connectivity index (χ0) is 20.5. The molecule has 3 rings (SSSR count). The Bertz CT molecular complexity index is 900. The summed E-state index contributed by atoms with van der Waals surface area (Å²) in [6.45, 7) is 1.93. The van der Waals surface area contributed by atoms with Gasteiger partial charge in [0.1, 0.15) is 0 Å². The van der Waals surface area contributed by atoms with Gasteiger partial charge >= 0.3 is 0 Å². The first kappa shape index (κ1) is 21.2. The molecule has 3 heteroatoms. The zero-order valence-corrected chi connectivity index (χ0v) is 18.0. The van der Waals surface area contributed by atoms with Crippen LogP contribution in [0.3, 0.4) is 0 Å². The Kier molecular flexibility index (Phi) is 7.92. The summed E-state index contributed by atoms with van der Waals surface area (Å²) in [5, 5.41) is 3.49. The van der Waals surface area contributed by atoms with Gasteiger partial charge in [-0.15, -0.1) is 11.6 Å². The third-order valence-electron chi connectivity index (χ3n) is 4.89. The first-order valence-electron chi connectivity index (χ1n) is 10.1. The molecule has 29 heavy (non-hydrogen) atoms. The topological polar surface area (TPSA) is 15.3 Å². The Morgan fingerprint density at radius 1 is 0.759 bits per heavy atom. The normalized spacial score (nSPS) is 12.0. The summed E-state index contributed by atoms with van der Waals surface area (Å²) in [7, 11) is 4.17. The van der Waals surface area contributed by atoms with Crippen molar-refractivity contribution in [1.82, 2.24) is 4.90 Å². The average molecular weight is 405 g/mol. The lowest BCUT2D eigenvalue weighted by molar-refractivity contribution is 0.425. The van der Waals surface area contributed by atoms with E-state index < -0.39 is 0 Å². The molecule has 150 valence electrons. The predicted octanol–water partition coefficient (Wildman–Crippen LogP) is 6.25. The fourth-order valence-corrected chi connectivity index (χ4v) is 3.64. The fourth-order valence-electron chi connectivity index (χ4n) is 3.45. The smallest absolute Gasteiger partial charge is 0.0341 e. The molecule has 1 N–H and O–H groups in total. The SMILES string of the molecule is CN(C)CCNc1ccc(/C(=C(/CCCl)c2ccccc2)c2ccccc2)cc1. The molecule has 0 fully saturated rings. The van der Waals surface area contributed by atoms with Crippen LogP contribution in [0.25, 0.3) is 11.1 Å². The summed E-state index contributed by atoms with van der Waals surface area (Å²) in [5.74, 6) is 0.588. The minimum Gasteiger partial charge on any atom is -0.384 e. The maximum Gasteiger partial charge on any atom is 0.0341 e. The van der Waals surface area contributed by atoms with Gasteiger partial charge < -0.3 is 10.2 Å². The lowest BCUT2D eigenvalue weighted by atomic mass is 9.88. The van der Waals surface area contributed by atoms with Gasteiger partial charge in [0, 0.05) is 24.7 Å². The number of hydrogen-bond donors (Lipinski definition) is 1. The largest absolute Gasteiger partial charge is 0.384 e. The number of likely N-dealkylation sites (N-methyl/N-ethyl adjacent to an activating group) is 1. The van der Waals surface area contributed by atoms with Crippen LogP contribution in [-0.2, 0) is 0 Å².